The molecule has 0 saturated heterocycles. The quantitative estimate of drug-likeness (QED) is 0.524. The number of fused-ring (bicyclic) bond motifs is 3. The van der Waals surface area contributed by atoms with Crippen molar-refractivity contribution in [3.05, 3.63) is 78.3 Å². The molecule has 6 nitrogen and oxygen atoms in total. The predicted octanol–water partition coefficient (Wildman–Crippen LogP) is 3.99. The maximum atomic E-state index is 13.3. The van der Waals surface area contributed by atoms with Crippen LogP contribution in [0.4, 0.5) is 0 Å². The summed E-state index contributed by atoms with van der Waals surface area (Å²) in [7, 11) is 1.68. The second-order valence-corrected chi connectivity index (χ2v) is 8.09. The maximum Gasteiger partial charge on any atom is 0.258 e. The number of hydrogen-bond donors (Lipinski definition) is 2. The van der Waals surface area contributed by atoms with Crippen molar-refractivity contribution in [3.63, 3.8) is 0 Å². The van der Waals surface area contributed by atoms with Gasteiger partial charge in [-0.05, 0) is 61.7 Å². The lowest BCUT2D eigenvalue weighted by Gasteiger charge is -2.28. The molecule has 1 aliphatic heterocycles. The number of nitrogens with two attached hydrogens (primary N) is 1. The van der Waals surface area contributed by atoms with Crippen LogP contribution in [0.15, 0.2) is 61.6 Å². The van der Waals surface area contributed by atoms with E-state index in [1.165, 1.54) is 4.57 Å². The third-order valence-electron chi connectivity index (χ3n) is 4.84. The number of phenols is 1. The lowest BCUT2D eigenvalue weighted by molar-refractivity contribution is 0.396. The zero-order valence-corrected chi connectivity index (χ0v) is 17.7. The van der Waals surface area contributed by atoms with Crippen LogP contribution in [-0.4, -0.2) is 9.67 Å². The average molecular weight is 503 g/mol. The number of nitriles is 1. The number of aromatic nitrogens is 1. The van der Waals surface area contributed by atoms with Crippen LogP contribution in [0.25, 0.3) is 10.9 Å². The molecule has 8 heteroatoms. The first-order chi connectivity index (χ1) is 13.3. The molecule has 1 aliphatic rings. The summed E-state index contributed by atoms with van der Waals surface area (Å²) in [6.45, 7) is 0. The fourth-order valence-corrected chi connectivity index (χ4v) is 4.73. The number of para-hydroxylation sites is 1. The predicted molar refractivity (Wildman–Crippen MR) is 112 cm³/mol. The number of pyridine rings is 1. The zero-order chi connectivity index (χ0) is 20.2. The number of benzene rings is 2. The van der Waals surface area contributed by atoms with Crippen LogP contribution in [0.3, 0.4) is 0 Å². The number of nitrogens with zero attached hydrogens (tertiary/aromatic N) is 2. The number of ether oxygens (including phenoxy) is 1. The van der Waals surface area contributed by atoms with Gasteiger partial charge >= 0.3 is 0 Å². The monoisotopic (exact) mass is 501 g/mol. The fraction of sp³-hybridized carbons (Fsp3) is 0.100. The normalized spacial score (nSPS) is 15.9. The van der Waals surface area contributed by atoms with Crippen molar-refractivity contribution >= 4 is 42.8 Å². The Labute approximate surface area is 176 Å². The molecule has 0 radical (unpaired) electrons. The molecule has 0 bridgehead atoms. The van der Waals surface area contributed by atoms with E-state index < -0.39 is 5.92 Å². The average Bonchev–Trinajstić information content (AvgIpc) is 2.69. The topological polar surface area (TPSA) is 101 Å². The van der Waals surface area contributed by atoms with E-state index in [-0.39, 0.29) is 22.8 Å². The molecule has 0 saturated carbocycles. The number of phenolic OH excluding ortho intramolecular Hbond substituents is 1. The Balaban J connectivity index is 2.14. The van der Waals surface area contributed by atoms with E-state index in [4.69, 9.17) is 10.5 Å². The van der Waals surface area contributed by atoms with Gasteiger partial charge in [0, 0.05) is 12.4 Å². The molecular formula is C20H13Br2N3O3. The van der Waals surface area contributed by atoms with E-state index >= 15 is 0 Å². The van der Waals surface area contributed by atoms with E-state index in [0.717, 1.165) is 5.39 Å². The fourth-order valence-electron chi connectivity index (χ4n) is 3.51. The van der Waals surface area contributed by atoms with Crippen LogP contribution in [-0.2, 0) is 7.05 Å². The van der Waals surface area contributed by atoms with Crippen LogP contribution < -0.4 is 16.0 Å². The molecule has 0 fully saturated rings. The first-order valence-electron chi connectivity index (χ1n) is 8.22. The van der Waals surface area contributed by atoms with Gasteiger partial charge in [0.25, 0.3) is 5.56 Å². The first kappa shape index (κ1) is 18.6. The minimum atomic E-state index is -0.731. The second-order valence-electron chi connectivity index (χ2n) is 6.38. The molecule has 28 heavy (non-hydrogen) atoms. The van der Waals surface area contributed by atoms with E-state index in [1.807, 2.05) is 24.3 Å². The first-order valence-corrected chi connectivity index (χ1v) is 9.80. The van der Waals surface area contributed by atoms with Gasteiger partial charge in [-0.3, -0.25) is 4.79 Å². The number of hydrogen-bond acceptors (Lipinski definition) is 5. The molecule has 0 spiro atoms. The molecule has 0 aliphatic carbocycles. The Bertz CT molecular complexity index is 1270. The highest BCUT2D eigenvalue weighted by atomic mass is 79.9. The van der Waals surface area contributed by atoms with Crippen molar-refractivity contribution < 1.29 is 9.84 Å². The molecule has 0 amide bonds. The third-order valence-corrected chi connectivity index (χ3v) is 6.05. The van der Waals surface area contributed by atoms with Gasteiger partial charge in [-0.2, -0.15) is 5.26 Å². The van der Waals surface area contributed by atoms with Gasteiger partial charge in [0.15, 0.2) is 0 Å². The number of aryl methyl sites for hydroxylation is 1. The molecule has 4 rings (SSSR count). The van der Waals surface area contributed by atoms with E-state index in [2.05, 4.69) is 37.9 Å². The van der Waals surface area contributed by atoms with Crippen molar-refractivity contribution in [2.45, 2.75) is 5.92 Å². The van der Waals surface area contributed by atoms with Gasteiger partial charge in [-0.15, -0.1) is 0 Å². The molecule has 140 valence electrons. The van der Waals surface area contributed by atoms with Crippen molar-refractivity contribution in [1.82, 2.24) is 4.57 Å². The van der Waals surface area contributed by atoms with E-state index in [0.29, 0.717) is 31.3 Å². The van der Waals surface area contributed by atoms with Gasteiger partial charge in [0.1, 0.15) is 23.1 Å². The maximum absolute atomic E-state index is 13.3. The Morgan fingerprint density at radius 3 is 2.54 bits per heavy atom. The van der Waals surface area contributed by atoms with Crippen molar-refractivity contribution in [2.75, 3.05) is 0 Å². The molecule has 3 N–H and O–H groups in total. The Hall–Kier alpha value is -2.76. The summed E-state index contributed by atoms with van der Waals surface area (Å²) in [6.07, 6.45) is 0. The highest BCUT2D eigenvalue weighted by Crippen LogP contribution is 2.45. The third kappa shape index (κ3) is 2.62. The highest BCUT2D eigenvalue weighted by Gasteiger charge is 2.35. The highest BCUT2D eigenvalue weighted by molar-refractivity contribution is 9.11. The summed E-state index contributed by atoms with van der Waals surface area (Å²) < 4.78 is 8.16. The van der Waals surface area contributed by atoms with Gasteiger partial charge in [-0.1, -0.05) is 12.1 Å². The minimum Gasteiger partial charge on any atom is -0.506 e. The summed E-state index contributed by atoms with van der Waals surface area (Å²) in [5.41, 5.74) is 7.58. The Kier molecular flexibility index (Phi) is 4.44. The SMILES string of the molecule is Cn1c(=O)c2c(c3ccccc31)OC(N)=C(C#N)[C@H]2c1cc(Br)c(O)c(Br)c1. The molecule has 2 aromatic carbocycles. The van der Waals surface area contributed by atoms with Crippen LogP contribution in [0, 0.1) is 11.3 Å². The van der Waals surface area contributed by atoms with Crippen molar-refractivity contribution in [2.24, 2.45) is 12.8 Å². The lowest BCUT2D eigenvalue weighted by atomic mass is 9.83. The smallest absolute Gasteiger partial charge is 0.258 e. The van der Waals surface area contributed by atoms with Crippen LogP contribution >= 0.6 is 31.9 Å². The van der Waals surface area contributed by atoms with Gasteiger partial charge < -0.3 is 20.1 Å². The second kappa shape index (κ2) is 6.69. The molecule has 2 heterocycles. The van der Waals surface area contributed by atoms with Crippen LogP contribution in [0.1, 0.15) is 17.0 Å². The van der Waals surface area contributed by atoms with Crippen molar-refractivity contribution in [3.8, 4) is 17.6 Å². The van der Waals surface area contributed by atoms with Gasteiger partial charge in [0.2, 0.25) is 5.88 Å². The number of rotatable bonds is 1. The zero-order valence-electron chi connectivity index (χ0n) is 14.5. The number of allylic oxidation sites excluding steroid dienone is 1. The van der Waals surface area contributed by atoms with Crippen molar-refractivity contribution in [1.29, 1.82) is 5.26 Å². The van der Waals surface area contributed by atoms with Gasteiger partial charge in [-0.25, -0.2) is 0 Å². The summed E-state index contributed by atoms with van der Waals surface area (Å²) in [5.74, 6) is -0.401. The lowest BCUT2D eigenvalue weighted by Crippen LogP contribution is -2.31. The van der Waals surface area contributed by atoms with Crippen LogP contribution in [0.5, 0.6) is 11.5 Å². The van der Waals surface area contributed by atoms with E-state index in [1.54, 1.807) is 19.2 Å². The molecule has 1 atom stereocenters. The summed E-state index contributed by atoms with van der Waals surface area (Å²) in [5, 5.41) is 20.5. The largest absolute Gasteiger partial charge is 0.506 e. The van der Waals surface area contributed by atoms with E-state index in [9.17, 15) is 15.2 Å². The Morgan fingerprint density at radius 2 is 1.89 bits per heavy atom. The van der Waals surface area contributed by atoms with Gasteiger partial charge in [0.05, 0.1) is 25.9 Å². The molecule has 3 aromatic rings. The summed E-state index contributed by atoms with van der Waals surface area (Å²) >= 11 is 6.62. The minimum absolute atomic E-state index is 0.0258. The molecule has 0 unspecified atom stereocenters. The number of aromatic hydroxyl groups is 1. The number of halogens is 2. The molecule has 1 aromatic heterocycles. The van der Waals surface area contributed by atoms with Crippen LogP contribution in [0.2, 0.25) is 0 Å². The molecular weight excluding hydrogens is 490 g/mol. The standard InChI is InChI=1S/C20H13Br2N3O3/c1-25-14-5-3-2-4-10(14)18-16(20(25)27)15(11(8-23)19(24)28-18)9-6-12(21)17(26)13(22)7-9/h2-7,15,26H,24H2,1H3/t15-/m1/s1. The summed E-state index contributed by atoms with van der Waals surface area (Å²) in [4.78, 5) is 13.3. The summed E-state index contributed by atoms with van der Waals surface area (Å²) in [6, 6.07) is 12.8. The Morgan fingerprint density at radius 1 is 1.25 bits per heavy atom.